The summed E-state index contributed by atoms with van der Waals surface area (Å²) in [6.07, 6.45) is 1.49. The Balaban J connectivity index is 1.64. The fourth-order valence-corrected chi connectivity index (χ4v) is 9.94. The van der Waals surface area contributed by atoms with Crippen LogP contribution in [0.1, 0.15) is 19.3 Å². The van der Waals surface area contributed by atoms with Crippen molar-refractivity contribution in [2.24, 2.45) is 0 Å². The molecule has 0 radical (unpaired) electrons. The highest BCUT2D eigenvalue weighted by Crippen LogP contribution is 2.15. The van der Waals surface area contributed by atoms with Crippen LogP contribution in [0.5, 0.6) is 0 Å². The van der Waals surface area contributed by atoms with Gasteiger partial charge in [-0.2, -0.15) is 0 Å². The average molecular weight is 525 g/mol. The molecule has 3 aromatic carbocycles. The maximum absolute atomic E-state index is 12.4. The van der Waals surface area contributed by atoms with Crippen molar-refractivity contribution >= 4 is 38.7 Å². The van der Waals surface area contributed by atoms with Crippen molar-refractivity contribution in [3.63, 3.8) is 0 Å². The molecule has 0 aliphatic carbocycles. The molecule has 0 saturated carbocycles. The van der Waals surface area contributed by atoms with Gasteiger partial charge >= 0.3 is 14.8 Å². The van der Waals surface area contributed by atoms with Gasteiger partial charge in [-0.25, -0.2) is 0 Å². The average Bonchev–Trinajstić information content (AvgIpc) is 2.95. The van der Waals surface area contributed by atoms with Crippen LogP contribution in [-0.4, -0.2) is 57.6 Å². The summed E-state index contributed by atoms with van der Waals surface area (Å²) in [6.45, 7) is 0.758. The predicted molar refractivity (Wildman–Crippen MR) is 146 cm³/mol. The smallest absolute Gasteiger partial charge is 0.466 e. The Labute approximate surface area is 216 Å². The van der Waals surface area contributed by atoms with Gasteiger partial charge in [-0.15, -0.1) is 0 Å². The van der Waals surface area contributed by atoms with Crippen LogP contribution in [0.4, 0.5) is 0 Å². The van der Waals surface area contributed by atoms with E-state index in [1.165, 1.54) is 15.6 Å². The van der Waals surface area contributed by atoms with E-state index >= 15 is 0 Å². The van der Waals surface area contributed by atoms with E-state index in [4.69, 9.17) is 22.4 Å². The first-order valence-corrected chi connectivity index (χ1v) is 16.1. The molecule has 0 amide bonds. The Morgan fingerprint density at radius 3 is 1.50 bits per heavy atom. The molecule has 3 aromatic rings. The molecule has 8 heteroatoms. The summed E-state index contributed by atoms with van der Waals surface area (Å²) in [4.78, 5) is 12.4. The van der Waals surface area contributed by atoms with Crippen molar-refractivity contribution in [1.82, 2.24) is 0 Å². The van der Waals surface area contributed by atoms with Gasteiger partial charge in [-0.1, -0.05) is 91.0 Å². The Kier molecular flexibility index (Phi) is 11.1. The van der Waals surface area contributed by atoms with E-state index in [-0.39, 0.29) is 5.97 Å². The van der Waals surface area contributed by atoms with Crippen LogP contribution in [0.15, 0.2) is 91.0 Å². The molecule has 0 fully saturated rings. The second kappa shape index (κ2) is 14.2. The molecule has 0 bridgehead atoms. The van der Waals surface area contributed by atoms with Crippen molar-refractivity contribution in [3.05, 3.63) is 91.0 Å². The molecule has 6 nitrogen and oxygen atoms in total. The van der Waals surface area contributed by atoms with Crippen LogP contribution >= 0.6 is 0 Å². The molecule has 0 atom stereocenters. The lowest BCUT2D eigenvalue weighted by molar-refractivity contribution is -0.144. The third-order valence-corrected chi connectivity index (χ3v) is 13.1. The van der Waals surface area contributed by atoms with Gasteiger partial charge in [0, 0.05) is 40.4 Å². The zero-order chi connectivity index (χ0) is 25.7. The van der Waals surface area contributed by atoms with Gasteiger partial charge in [0.1, 0.15) is 0 Å². The number of esters is 1. The Bertz CT molecular complexity index is 925. The summed E-state index contributed by atoms with van der Waals surface area (Å²) in [6, 6.07) is 31.8. The minimum atomic E-state index is -2.75. The minimum absolute atomic E-state index is 0.232. The summed E-state index contributed by atoms with van der Waals surface area (Å²) in [5.74, 6) is -0.232. The van der Waals surface area contributed by atoms with Crippen LogP contribution < -0.4 is 15.6 Å². The monoisotopic (exact) mass is 524 g/mol. The molecule has 0 heterocycles. The summed E-state index contributed by atoms with van der Waals surface area (Å²) in [7, 11) is -0.660. The molecule has 0 N–H and O–H groups in total. The number of hydrogen-bond acceptors (Lipinski definition) is 6. The van der Waals surface area contributed by atoms with E-state index in [1.807, 2.05) is 18.2 Å². The Morgan fingerprint density at radius 2 is 1.08 bits per heavy atom. The first kappa shape index (κ1) is 28.0. The van der Waals surface area contributed by atoms with E-state index < -0.39 is 17.1 Å². The highest BCUT2D eigenvalue weighted by Gasteiger charge is 2.41. The first-order chi connectivity index (χ1) is 17.6. The van der Waals surface area contributed by atoms with Crippen molar-refractivity contribution < 1.29 is 27.2 Å². The van der Waals surface area contributed by atoms with Gasteiger partial charge in [0.05, 0.1) is 6.61 Å². The molecule has 192 valence electrons. The number of rotatable bonds is 15. The van der Waals surface area contributed by atoms with E-state index in [0.717, 1.165) is 0 Å². The fourth-order valence-electron chi connectivity index (χ4n) is 4.31. The molecule has 0 saturated heterocycles. The van der Waals surface area contributed by atoms with Crippen LogP contribution in [0.2, 0.25) is 6.04 Å². The molecular weight excluding hydrogens is 488 g/mol. The molecule has 0 aliphatic heterocycles. The normalized spacial score (nSPS) is 11.9. The number of benzene rings is 3. The summed E-state index contributed by atoms with van der Waals surface area (Å²) in [5, 5.41) is 3.52. The summed E-state index contributed by atoms with van der Waals surface area (Å²) < 4.78 is 28.5. The predicted octanol–water partition coefficient (Wildman–Crippen LogP) is 3.26. The lowest BCUT2D eigenvalue weighted by atomic mass is 10.3. The zero-order valence-corrected chi connectivity index (χ0v) is 23.4. The highest BCUT2D eigenvalue weighted by atomic mass is 28.4. The summed E-state index contributed by atoms with van der Waals surface area (Å²) in [5.41, 5.74) is 0. The number of carbonyl (C=O) groups excluding carboxylic acids is 1. The largest absolute Gasteiger partial charge is 0.500 e. The topological polar surface area (TPSA) is 63.2 Å². The molecule has 0 unspecified atom stereocenters. The zero-order valence-electron chi connectivity index (χ0n) is 21.4. The van der Waals surface area contributed by atoms with E-state index in [9.17, 15) is 4.79 Å². The first-order valence-electron chi connectivity index (χ1n) is 12.2. The van der Waals surface area contributed by atoms with Gasteiger partial charge in [0.25, 0.3) is 8.32 Å². The van der Waals surface area contributed by atoms with Crippen LogP contribution in [0.3, 0.4) is 0 Å². The van der Waals surface area contributed by atoms with Crippen LogP contribution in [-0.2, 0) is 27.2 Å². The Hall–Kier alpha value is -2.60. The molecule has 36 heavy (non-hydrogen) atoms. The quantitative estimate of drug-likeness (QED) is 0.132. The van der Waals surface area contributed by atoms with Crippen LogP contribution in [0.25, 0.3) is 0 Å². The SMILES string of the molecule is CO[Si](CCCOC(=O)CCCO[Si](c1ccccc1)(c1ccccc1)c1ccccc1)(OC)OC. The van der Waals surface area contributed by atoms with Gasteiger partial charge < -0.3 is 22.4 Å². The highest BCUT2D eigenvalue weighted by molar-refractivity contribution is 7.07. The van der Waals surface area contributed by atoms with Crippen molar-refractivity contribution in [2.75, 3.05) is 34.5 Å². The van der Waals surface area contributed by atoms with Crippen molar-refractivity contribution in [2.45, 2.75) is 25.3 Å². The molecule has 0 spiro atoms. The lowest BCUT2D eigenvalue weighted by Crippen LogP contribution is -2.69. The number of ether oxygens (including phenoxy) is 1. The van der Waals surface area contributed by atoms with E-state index in [0.29, 0.717) is 38.5 Å². The number of carbonyl (C=O) groups is 1. The second-order valence-electron chi connectivity index (χ2n) is 8.35. The molecule has 0 aromatic heterocycles. The van der Waals surface area contributed by atoms with Crippen molar-refractivity contribution in [1.29, 1.82) is 0 Å². The fraction of sp³-hybridized carbons (Fsp3) is 0.321. The van der Waals surface area contributed by atoms with Crippen LogP contribution in [0, 0.1) is 0 Å². The maximum Gasteiger partial charge on any atom is 0.500 e. The van der Waals surface area contributed by atoms with Gasteiger partial charge in [-0.3, -0.25) is 4.79 Å². The van der Waals surface area contributed by atoms with Gasteiger partial charge in [0.2, 0.25) is 0 Å². The standard InChI is InChI=1S/C28H36O6Si2/c1-30-35(31-2,32-3)24-14-22-33-28(29)21-13-23-34-36(25-15-7-4-8-16-25,26-17-9-5-10-18-26)27-19-11-6-12-20-27/h4-12,15-20H,13-14,21-24H2,1-3H3. The molecule has 0 aliphatic rings. The van der Waals surface area contributed by atoms with Gasteiger partial charge in [0.15, 0.2) is 0 Å². The second-order valence-corrected chi connectivity index (χ2v) is 14.8. The minimum Gasteiger partial charge on any atom is -0.466 e. The van der Waals surface area contributed by atoms with E-state index in [1.54, 1.807) is 21.3 Å². The maximum atomic E-state index is 12.4. The Morgan fingerprint density at radius 1 is 0.639 bits per heavy atom. The van der Waals surface area contributed by atoms with Crippen molar-refractivity contribution in [3.8, 4) is 0 Å². The molecular formula is C28H36O6Si2. The van der Waals surface area contributed by atoms with Gasteiger partial charge in [-0.05, 0) is 28.4 Å². The lowest BCUT2D eigenvalue weighted by Gasteiger charge is -2.33. The summed E-state index contributed by atoms with van der Waals surface area (Å²) >= 11 is 0. The third kappa shape index (κ3) is 7.00. The van der Waals surface area contributed by atoms with E-state index in [2.05, 4.69) is 72.8 Å². The third-order valence-electron chi connectivity index (χ3n) is 6.21. The molecule has 3 rings (SSSR count). The number of hydrogen-bond donors (Lipinski definition) is 0.